The molecule has 0 aromatic heterocycles. The smallest absolute Gasteiger partial charge is 0.276 e. The average molecular weight is 417 g/mol. The first-order valence-corrected chi connectivity index (χ1v) is 9.33. The molecule has 154 valence electrons. The Balaban J connectivity index is 1.77. The van der Waals surface area contributed by atoms with E-state index in [-0.39, 0.29) is 11.7 Å². The van der Waals surface area contributed by atoms with Crippen molar-refractivity contribution in [2.75, 3.05) is 20.3 Å². The fraction of sp³-hybridized carbons (Fsp3) is 0.250. The zero-order chi connectivity index (χ0) is 21.1. The molecule has 8 nitrogen and oxygen atoms in total. The van der Waals surface area contributed by atoms with E-state index in [0.29, 0.717) is 29.4 Å². The Morgan fingerprint density at radius 3 is 2.34 bits per heavy atom. The van der Waals surface area contributed by atoms with Crippen LogP contribution in [0.5, 0.6) is 17.2 Å². The first-order valence-electron chi connectivity index (χ1n) is 8.92. The van der Waals surface area contributed by atoms with Crippen LogP contribution in [0.15, 0.2) is 48.5 Å². The molecule has 2 amide bonds. The summed E-state index contributed by atoms with van der Waals surface area (Å²) in [6, 6.07) is 13.6. The summed E-state index contributed by atoms with van der Waals surface area (Å²) in [5.74, 6) is 0.750. The number of thiocarbonyl (C=S) groups is 1. The topological polar surface area (TPSA) is 97.9 Å². The molecule has 0 radical (unpaired) electrons. The number of amides is 2. The molecule has 9 heteroatoms. The van der Waals surface area contributed by atoms with Gasteiger partial charge in [-0.15, -0.1) is 0 Å². The molecular weight excluding hydrogens is 394 g/mol. The van der Waals surface area contributed by atoms with Crippen LogP contribution in [0.4, 0.5) is 0 Å². The third-order valence-electron chi connectivity index (χ3n) is 3.57. The molecule has 0 atom stereocenters. The Morgan fingerprint density at radius 2 is 1.66 bits per heavy atom. The predicted molar refractivity (Wildman–Crippen MR) is 112 cm³/mol. The zero-order valence-corrected chi connectivity index (χ0v) is 17.0. The van der Waals surface area contributed by atoms with Gasteiger partial charge in [-0.3, -0.25) is 25.8 Å². The Bertz CT molecular complexity index is 842. The number of hydrogen-bond donors (Lipinski definition) is 3. The van der Waals surface area contributed by atoms with E-state index < -0.39 is 11.8 Å². The highest BCUT2D eigenvalue weighted by molar-refractivity contribution is 7.80. The van der Waals surface area contributed by atoms with E-state index in [4.69, 9.17) is 26.4 Å². The van der Waals surface area contributed by atoms with Crippen molar-refractivity contribution in [2.24, 2.45) is 0 Å². The number of hydrogen-bond acceptors (Lipinski definition) is 6. The molecular formula is C20H23N3O5S. The Morgan fingerprint density at radius 1 is 0.966 bits per heavy atom. The normalized spacial score (nSPS) is 9.86. The fourth-order valence-corrected chi connectivity index (χ4v) is 2.32. The standard InChI is InChI=1S/C20H23N3O5S/c1-3-12-27-17-7-5-4-6-16(17)19(25)21-20(29)23-22-18(24)13-28-15-10-8-14(26-2)9-11-15/h4-11H,3,12-13H2,1-2H3,(H,22,24)(H2,21,23,25,29). The molecule has 0 aliphatic rings. The van der Waals surface area contributed by atoms with E-state index in [2.05, 4.69) is 16.2 Å². The van der Waals surface area contributed by atoms with Crippen molar-refractivity contribution in [1.82, 2.24) is 16.2 Å². The molecule has 0 fully saturated rings. The Labute approximate surface area is 174 Å². The monoisotopic (exact) mass is 417 g/mol. The second kappa shape index (κ2) is 11.5. The molecule has 0 aliphatic heterocycles. The summed E-state index contributed by atoms with van der Waals surface area (Å²) in [6.45, 7) is 2.24. The molecule has 2 rings (SSSR count). The van der Waals surface area contributed by atoms with Crippen LogP contribution in [0.2, 0.25) is 0 Å². The van der Waals surface area contributed by atoms with Crippen molar-refractivity contribution >= 4 is 29.1 Å². The maximum Gasteiger partial charge on any atom is 0.276 e. The van der Waals surface area contributed by atoms with E-state index >= 15 is 0 Å². The van der Waals surface area contributed by atoms with Crippen molar-refractivity contribution < 1.29 is 23.8 Å². The second-order valence-electron chi connectivity index (χ2n) is 5.77. The van der Waals surface area contributed by atoms with Gasteiger partial charge in [-0.2, -0.15) is 0 Å². The summed E-state index contributed by atoms with van der Waals surface area (Å²) in [4.78, 5) is 24.2. The quantitative estimate of drug-likeness (QED) is 0.447. The van der Waals surface area contributed by atoms with E-state index in [0.717, 1.165) is 6.42 Å². The molecule has 3 N–H and O–H groups in total. The third kappa shape index (κ3) is 7.30. The molecule has 2 aromatic rings. The summed E-state index contributed by atoms with van der Waals surface area (Å²) in [6.07, 6.45) is 0.820. The van der Waals surface area contributed by atoms with Crippen molar-refractivity contribution in [3.05, 3.63) is 54.1 Å². The summed E-state index contributed by atoms with van der Waals surface area (Å²) in [7, 11) is 1.56. The van der Waals surface area contributed by atoms with Crippen molar-refractivity contribution in [2.45, 2.75) is 13.3 Å². The minimum absolute atomic E-state index is 0.0573. The van der Waals surface area contributed by atoms with Gasteiger partial charge in [0.2, 0.25) is 0 Å². The van der Waals surface area contributed by atoms with Gasteiger partial charge in [0.15, 0.2) is 11.7 Å². The summed E-state index contributed by atoms with van der Waals surface area (Å²) >= 11 is 5.03. The van der Waals surface area contributed by atoms with Gasteiger partial charge in [0, 0.05) is 0 Å². The Hall–Kier alpha value is -3.33. The largest absolute Gasteiger partial charge is 0.497 e. The number of para-hydroxylation sites is 1. The first kappa shape index (κ1) is 22.0. The number of nitrogens with one attached hydrogen (secondary N) is 3. The van der Waals surface area contributed by atoms with Crippen LogP contribution in [-0.4, -0.2) is 37.3 Å². The molecule has 0 unspecified atom stereocenters. The van der Waals surface area contributed by atoms with E-state index in [1.165, 1.54) is 0 Å². The average Bonchev–Trinajstić information content (AvgIpc) is 2.75. The van der Waals surface area contributed by atoms with Crippen LogP contribution in [0, 0.1) is 0 Å². The van der Waals surface area contributed by atoms with Crippen LogP contribution in [0.25, 0.3) is 0 Å². The van der Waals surface area contributed by atoms with Gasteiger partial charge in [0.25, 0.3) is 11.8 Å². The van der Waals surface area contributed by atoms with Gasteiger partial charge < -0.3 is 14.2 Å². The lowest BCUT2D eigenvalue weighted by molar-refractivity contribution is -0.123. The third-order valence-corrected chi connectivity index (χ3v) is 3.77. The second-order valence-corrected chi connectivity index (χ2v) is 6.17. The molecule has 0 saturated carbocycles. The summed E-state index contributed by atoms with van der Waals surface area (Å²) < 4.78 is 16.0. The fourth-order valence-electron chi connectivity index (χ4n) is 2.18. The SMILES string of the molecule is CCCOc1ccccc1C(=O)NC(=S)NNC(=O)COc1ccc(OC)cc1. The Kier molecular flexibility index (Phi) is 8.71. The van der Waals surface area contributed by atoms with Gasteiger partial charge in [0.05, 0.1) is 19.3 Å². The van der Waals surface area contributed by atoms with E-state index in [1.54, 1.807) is 55.6 Å². The molecule has 2 aromatic carbocycles. The predicted octanol–water partition coefficient (Wildman–Crippen LogP) is 2.20. The van der Waals surface area contributed by atoms with Gasteiger partial charge in [-0.25, -0.2) is 0 Å². The minimum Gasteiger partial charge on any atom is -0.497 e. The molecule has 0 bridgehead atoms. The maximum atomic E-state index is 12.4. The summed E-state index contributed by atoms with van der Waals surface area (Å²) in [5.41, 5.74) is 5.16. The highest BCUT2D eigenvalue weighted by atomic mass is 32.1. The number of rotatable bonds is 8. The van der Waals surface area contributed by atoms with Crippen LogP contribution in [0.3, 0.4) is 0 Å². The van der Waals surface area contributed by atoms with Crippen molar-refractivity contribution in [3.63, 3.8) is 0 Å². The molecule has 0 aliphatic carbocycles. The summed E-state index contributed by atoms with van der Waals surface area (Å²) in [5, 5.41) is 2.43. The molecule has 0 heterocycles. The number of carbonyl (C=O) groups excluding carboxylic acids is 2. The first-order chi connectivity index (χ1) is 14.0. The lowest BCUT2D eigenvalue weighted by atomic mass is 10.2. The van der Waals surface area contributed by atoms with Gasteiger partial charge in [-0.1, -0.05) is 19.1 Å². The van der Waals surface area contributed by atoms with Crippen LogP contribution in [0.1, 0.15) is 23.7 Å². The van der Waals surface area contributed by atoms with Crippen molar-refractivity contribution in [3.8, 4) is 17.2 Å². The highest BCUT2D eigenvalue weighted by Gasteiger charge is 2.13. The zero-order valence-electron chi connectivity index (χ0n) is 16.2. The minimum atomic E-state index is -0.468. The highest BCUT2D eigenvalue weighted by Crippen LogP contribution is 2.18. The number of methoxy groups -OCH3 is 1. The number of ether oxygens (including phenoxy) is 3. The number of carbonyl (C=O) groups is 2. The van der Waals surface area contributed by atoms with Crippen LogP contribution >= 0.6 is 12.2 Å². The molecule has 0 saturated heterocycles. The number of hydrazine groups is 1. The van der Waals surface area contributed by atoms with E-state index in [1.807, 2.05) is 6.92 Å². The van der Waals surface area contributed by atoms with Crippen molar-refractivity contribution in [1.29, 1.82) is 0 Å². The van der Waals surface area contributed by atoms with Gasteiger partial charge in [0.1, 0.15) is 17.2 Å². The molecule has 0 spiro atoms. The van der Waals surface area contributed by atoms with E-state index in [9.17, 15) is 9.59 Å². The lowest BCUT2D eigenvalue weighted by Gasteiger charge is -2.13. The lowest BCUT2D eigenvalue weighted by Crippen LogP contribution is -2.49. The number of benzene rings is 2. The maximum absolute atomic E-state index is 12.4. The van der Waals surface area contributed by atoms with Gasteiger partial charge >= 0.3 is 0 Å². The van der Waals surface area contributed by atoms with Gasteiger partial charge in [-0.05, 0) is 55.0 Å². The van der Waals surface area contributed by atoms with Crippen LogP contribution < -0.4 is 30.4 Å². The molecule has 29 heavy (non-hydrogen) atoms. The van der Waals surface area contributed by atoms with Crippen LogP contribution in [-0.2, 0) is 4.79 Å².